The van der Waals surface area contributed by atoms with E-state index in [0.29, 0.717) is 23.7 Å². The van der Waals surface area contributed by atoms with E-state index >= 15 is 0 Å². The summed E-state index contributed by atoms with van der Waals surface area (Å²) in [6, 6.07) is 11.4. The number of benzene rings is 2. The number of aliphatic hydroxyl groups is 3. The fraction of sp³-hybridized carbons (Fsp3) is 0.320. The van der Waals surface area contributed by atoms with Gasteiger partial charge in [-0.1, -0.05) is 30.0 Å². The van der Waals surface area contributed by atoms with Crippen LogP contribution in [-0.2, 0) is 4.74 Å². The van der Waals surface area contributed by atoms with Crippen molar-refractivity contribution in [1.82, 2.24) is 9.55 Å². The topological polar surface area (TPSA) is 99.8 Å². The van der Waals surface area contributed by atoms with E-state index in [1.165, 1.54) is 6.07 Å². The van der Waals surface area contributed by atoms with Crippen molar-refractivity contribution in [3.8, 4) is 23.0 Å². The van der Waals surface area contributed by atoms with Crippen LogP contribution < -0.4 is 5.32 Å². The van der Waals surface area contributed by atoms with Gasteiger partial charge in [-0.3, -0.25) is 0 Å². The van der Waals surface area contributed by atoms with Crippen LogP contribution in [0.2, 0.25) is 0 Å². The molecule has 1 fully saturated rings. The summed E-state index contributed by atoms with van der Waals surface area (Å²) in [7, 11) is 0. The molecule has 0 spiro atoms. The number of aromatic nitrogens is 2. The lowest BCUT2D eigenvalue weighted by molar-refractivity contribution is 0.125. The van der Waals surface area contributed by atoms with Crippen LogP contribution in [-0.4, -0.2) is 56.8 Å². The number of ether oxygens (including phenoxy) is 1. The standard InChI is InChI=1S/C25H26FN3O4/c1-16(31)25-27-10-11-29(25)20(13-30)8-4-17-2-5-18(6-3-17)19-7-9-22(21(26)12-19)28-23-14-33-15-24(23)32/h2-3,5-7,9-12,16,20,23-24,28,30-32H,13-15H2,1H3/t16-,20-,23?,24-/m0/s1. The molecular formula is C25H26FN3O4. The minimum absolute atomic E-state index is 0.217. The van der Waals surface area contributed by atoms with Crippen molar-refractivity contribution in [3.05, 3.63) is 72.1 Å². The van der Waals surface area contributed by atoms with Gasteiger partial charge >= 0.3 is 0 Å². The number of rotatable bonds is 6. The molecule has 0 saturated carbocycles. The van der Waals surface area contributed by atoms with E-state index in [4.69, 9.17) is 4.74 Å². The number of nitrogens with zero attached hydrogens (tertiary/aromatic N) is 2. The Morgan fingerprint density at radius 2 is 1.97 bits per heavy atom. The van der Waals surface area contributed by atoms with E-state index in [2.05, 4.69) is 22.1 Å². The Kier molecular flexibility index (Phi) is 7.06. The first-order chi connectivity index (χ1) is 16.0. The molecule has 2 aromatic carbocycles. The van der Waals surface area contributed by atoms with Crippen molar-refractivity contribution in [2.75, 3.05) is 25.1 Å². The summed E-state index contributed by atoms with van der Waals surface area (Å²) in [6.07, 6.45) is 1.81. The summed E-state index contributed by atoms with van der Waals surface area (Å²) in [5.74, 6) is 6.08. The Bertz CT molecular complexity index is 1150. The van der Waals surface area contributed by atoms with Crippen LogP contribution >= 0.6 is 0 Å². The van der Waals surface area contributed by atoms with Crippen molar-refractivity contribution < 1.29 is 24.4 Å². The molecule has 33 heavy (non-hydrogen) atoms. The van der Waals surface area contributed by atoms with Crippen molar-refractivity contribution in [1.29, 1.82) is 0 Å². The predicted octanol–water partition coefficient (Wildman–Crippen LogP) is 2.50. The molecule has 1 aliphatic rings. The molecule has 7 nitrogen and oxygen atoms in total. The third kappa shape index (κ3) is 5.24. The number of hydrogen-bond donors (Lipinski definition) is 4. The lowest BCUT2D eigenvalue weighted by Gasteiger charge is -2.17. The summed E-state index contributed by atoms with van der Waals surface area (Å²) in [5, 5.41) is 32.4. The van der Waals surface area contributed by atoms with Gasteiger partial charge in [0.05, 0.1) is 37.7 Å². The number of anilines is 1. The number of aliphatic hydroxyl groups excluding tert-OH is 3. The fourth-order valence-electron chi connectivity index (χ4n) is 3.72. The van der Waals surface area contributed by atoms with Crippen LogP contribution in [0.5, 0.6) is 0 Å². The minimum Gasteiger partial charge on any atom is -0.393 e. The molecule has 172 valence electrons. The first kappa shape index (κ1) is 23.0. The first-order valence-electron chi connectivity index (χ1n) is 10.7. The molecule has 0 radical (unpaired) electrons. The van der Waals surface area contributed by atoms with Gasteiger partial charge in [0.2, 0.25) is 0 Å². The summed E-state index contributed by atoms with van der Waals surface area (Å²) in [4.78, 5) is 4.11. The zero-order valence-corrected chi connectivity index (χ0v) is 18.1. The van der Waals surface area contributed by atoms with Crippen LogP contribution in [0.1, 0.15) is 30.5 Å². The van der Waals surface area contributed by atoms with E-state index in [1.807, 2.05) is 30.3 Å². The molecular weight excluding hydrogens is 425 g/mol. The summed E-state index contributed by atoms with van der Waals surface area (Å²) >= 11 is 0. The Labute approximate surface area is 191 Å². The SMILES string of the molecule is C[C@H](O)c1nccn1[C@@H](C#Cc1ccc(-c2ccc(NC3COC[C@@H]3O)c(F)c2)cc1)CO. The quantitative estimate of drug-likeness (QED) is 0.430. The molecule has 0 amide bonds. The Balaban J connectivity index is 1.47. The maximum atomic E-state index is 14.6. The smallest absolute Gasteiger partial charge is 0.146 e. The third-order valence-electron chi connectivity index (χ3n) is 5.54. The third-order valence-corrected chi connectivity index (χ3v) is 5.54. The average molecular weight is 451 g/mol. The van der Waals surface area contributed by atoms with E-state index in [9.17, 15) is 19.7 Å². The maximum absolute atomic E-state index is 14.6. The van der Waals surface area contributed by atoms with E-state index in [-0.39, 0.29) is 19.3 Å². The molecule has 0 aliphatic carbocycles. The van der Waals surface area contributed by atoms with Crippen LogP contribution in [0.3, 0.4) is 0 Å². The van der Waals surface area contributed by atoms with Gasteiger partial charge in [-0.2, -0.15) is 0 Å². The monoisotopic (exact) mass is 451 g/mol. The zero-order valence-electron chi connectivity index (χ0n) is 18.1. The predicted molar refractivity (Wildman–Crippen MR) is 122 cm³/mol. The molecule has 1 aliphatic heterocycles. The molecule has 1 saturated heterocycles. The van der Waals surface area contributed by atoms with Gasteiger partial charge in [0.25, 0.3) is 0 Å². The molecule has 0 bridgehead atoms. The van der Waals surface area contributed by atoms with Crippen LogP contribution in [0.15, 0.2) is 54.9 Å². The largest absolute Gasteiger partial charge is 0.393 e. The highest BCUT2D eigenvalue weighted by atomic mass is 19.1. The van der Waals surface area contributed by atoms with Crippen LogP contribution in [0.4, 0.5) is 10.1 Å². The lowest BCUT2D eigenvalue weighted by Crippen LogP contribution is -2.32. The number of halogens is 1. The van der Waals surface area contributed by atoms with Crippen LogP contribution in [0.25, 0.3) is 11.1 Å². The molecule has 4 N–H and O–H groups in total. The second-order valence-corrected chi connectivity index (χ2v) is 7.96. The number of imidazole rings is 1. The molecule has 1 unspecified atom stereocenters. The maximum Gasteiger partial charge on any atom is 0.146 e. The second kappa shape index (κ2) is 10.1. The number of hydrogen-bond acceptors (Lipinski definition) is 6. The van der Waals surface area contributed by atoms with Gasteiger partial charge in [-0.25, -0.2) is 9.37 Å². The first-order valence-corrected chi connectivity index (χ1v) is 10.7. The van der Waals surface area contributed by atoms with Gasteiger partial charge in [-0.05, 0) is 42.3 Å². The molecule has 3 aromatic rings. The second-order valence-electron chi connectivity index (χ2n) is 7.96. The van der Waals surface area contributed by atoms with Gasteiger partial charge in [0.15, 0.2) is 0 Å². The molecule has 2 heterocycles. The highest BCUT2D eigenvalue weighted by Gasteiger charge is 2.26. The summed E-state index contributed by atoms with van der Waals surface area (Å²) in [5.41, 5.74) is 2.61. The average Bonchev–Trinajstić information content (AvgIpc) is 3.46. The number of nitrogens with one attached hydrogen (secondary N) is 1. The molecule has 1 aromatic heterocycles. The molecule has 4 rings (SSSR count). The highest BCUT2D eigenvalue weighted by molar-refractivity contribution is 5.67. The van der Waals surface area contributed by atoms with E-state index in [1.54, 1.807) is 30.0 Å². The minimum atomic E-state index is -0.770. The summed E-state index contributed by atoms with van der Waals surface area (Å²) in [6.45, 7) is 1.97. The van der Waals surface area contributed by atoms with Gasteiger partial charge in [-0.15, -0.1) is 0 Å². The van der Waals surface area contributed by atoms with Gasteiger partial charge < -0.3 is 29.9 Å². The van der Waals surface area contributed by atoms with Crippen molar-refractivity contribution >= 4 is 5.69 Å². The summed E-state index contributed by atoms with van der Waals surface area (Å²) < 4.78 is 21.5. The Hall–Kier alpha value is -3.22. The van der Waals surface area contributed by atoms with E-state index < -0.39 is 24.1 Å². The molecule has 4 atom stereocenters. The van der Waals surface area contributed by atoms with Crippen molar-refractivity contribution in [2.45, 2.75) is 31.2 Å². The normalized spacial score (nSPS) is 19.5. The van der Waals surface area contributed by atoms with Gasteiger partial charge in [0, 0.05) is 18.0 Å². The van der Waals surface area contributed by atoms with Gasteiger partial charge in [0.1, 0.15) is 23.8 Å². The van der Waals surface area contributed by atoms with Crippen LogP contribution in [0, 0.1) is 17.7 Å². The highest BCUT2D eigenvalue weighted by Crippen LogP contribution is 2.26. The zero-order chi connectivity index (χ0) is 23.4. The van der Waals surface area contributed by atoms with E-state index in [0.717, 1.165) is 11.1 Å². The molecule has 8 heteroatoms. The Morgan fingerprint density at radius 1 is 1.21 bits per heavy atom. The van der Waals surface area contributed by atoms with Crippen molar-refractivity contribution in [3.63, 3.8) is 0 Å². The Morgan fingerprint density at radius 3 is 2.61 bits per heavy atom. The lowest BCUT2D eigenvalue weighted by atomic mass is 10.0. The van der Waals surface area contributed by atoms with Crippen molar-refractivity contribution in [2.24, 2.45) is 0 Å². The fourth-order valence-corrected chi connectivity index (χ4v) is 3.72.